The van der Waals surface area contributed by atoms with Crippen LogP contribution in [0.25, 0.3) is 0 Å². The summed E-state index contributed by atoms with van der Waals surface area (Å²) in [5.74, 6) is -1.34. The second kappa shape index (κ2) is 5.04. The van der Waals surface area contributed by atoms with E-state index < -0.39 is 27.4 Å². The molecular formula is C12H15F2NOS. The van der Waals surface area contributed by atoms with Gasteiger partial charge in [0, 0.05) is 11.6 Å². The first kappa shape index (κ1) is 14.0. The summed E-state index contributed by atoms with van der Waals surface area (Å²) in [7, 11) is -1.45. The second-order valence-corrected chi connectivity index (χ2v) is 6.57. The van der Waals surface area contributed by atoms with Crippen molar-refractivity contribution in [1.82, 2.24) is 0 Å². The summed E-state index contributed by atoms with van der Waals surface area (Å²) in [5.41, 5.74) is 0.472. The number of hydrogen-bond acceptors (Lipinski definition) is 1. The molecule has 1 atom stereocenters. The second-order valence-electron chi connectivity index (χ2n) is 4.66. The van der Waals surface area contributed by atoms with Gasteiger partial charge in [0.2, 0.25) is 0 Å². The highest BCUT2D eigenvalue weighted by Crippen LogP contribution is 2.16. The Morgan fingerprint density at radius 3 is 2.35 bits per heavy atom. The van der Waals surface area contributed by atoms with Crippen LogP contribution in [0.1, 0.15) is 33.3 Å². The van der Waals surface area contributed by atoms with Gasteiger partial charge in [0.15, 0.2) is 0 Å². The Bertz CT molecular complexity index is 478. The number of halogens is 2. The maximum Gasteiger partial charge on any atom is 0.145 e. The first-order valence-corrected chi connectivity index (χ1v) is 6.25. The number of benzene rings is 1. The van der Waals surface area contributed by atoms with E-state index in [1.54, 1.807) is 27.7 Å². The molecule has 17 heavy (non-hydrogen) atoms. The Balaban J connectivity index is 3.09. The zero-order chi connectivity index (χ0) is 13.2. The summed E-state index contributed by atoms with van der Waals surface area (Å²) in [4.78, 5) is 0. The van der Waals surface area contributed by atoms with Crippen LogP contribution in [0.15, 0.2) is 22.6 Å². The smallest absolute Gasteiger partial charge is 0.145 e. The van der Waals surface area contributed by atoms with Gasteiger partial charge < -0.3 is 0 Å². The molecule has 0 radical (unpaired) electrons. The van der Waals surface area contributed by atoms with Crippen LogP contribution >= 0.6 is 0 Å². The number of rotatable bonds is 2. The molecule has 5 heteroatoms. The lowest BCUT2D eigenvalue weighted by molar-refractivity contribution is 0.582. The van der Waals surface area contributed by atoms with Crippen molar-refractivity contribution in [3.8, 4) is 0 Å². The van der Waals surface area contributed by atoms with E-state index in [9.17, 15) is 13.0 Å². The van der Waals surface area contributed by atoms with E-state index in [2.05, 4.69) is 4.40 Å². The topological polar surface area (TPSA) is 29.4 Å². The first-order valence-electron chi connectivity index (χ1n) is 5.14. The molecule has 0 saturated heterocycles. The molecule has 0 aliphatic carbocycles. The SMILES string of the molecule is CC(=N[S@](=O)C(C)(C)C)c1ccc(F)cc1F. The quantitative estimate of drug-likeness (QED) is 0.750. The van der Waals surface area contributed by atoms with E-state index in [0.717, 1.165) is 12.1 Å². The van der Waals surface area contributed by atoms with E-state index in [1.807, 2.05) is 0 Å². The fourth-order valence-electron chi connectivity index (χ4n) is 1.09. The summed E-state index contributed by atoms with van der Waals surface area (Å²) >= 11 is 0. The molecule has 0 N–H and O–H groups in total. The van der Waals surface area contributed by atoms with E-state index in [4.69, 9.17) is 0 Å². The van der Waals surface area contributed by atoms with Crippen LogP contribution in [0.3, 0.4) is 0 Å². The average Bonchev–Trinajstić information content (AvgIpc) is 2.15. The van der Waals surface area contributed by atoms with Crippen molar-refractivity contribution in [2.75, 3.05) is 0 Å². The molecule has 0 heterocycles. The van der Waals surface area contributed by atoms with Gasteiger partial charge in [-0.2, -0.15) is 4.40 Å². The highest BCUT2D eigenvalue weighted by Gasteiger charge is 2.19. The number of nitrogens with zero attached hydrogens (tertiary/aromatic N) is 1. The van der Waals surface area contributed by atoms with E-state index in [1.165, 1.54) is 6.07 Å². The molecule has 94 valence electrons. The van der Waals surface area contributed by atoms with Crippen molar-refractivity contribution >= 4 is 16.7 Å². The third-order valence-corrected chi connectivity index (χ3v) is 3.55. The van der Waals surface area contributed by atoms with Crippen molar-refractivity contribution in [2.24, 2.45) is 4.40 Å². The molecule has 0 spiro atoms. The molecule has 0 amide bonds. The molecule has 1 aromatic carbocycles. The van der Waals surface area contributed by atoms with Gasteiger partial charge >= 0.3 is 0 Å². The van der Waals surface area contributed by atoms with Gasteiger partial charge in [0.1, 0.15) is 22.6 Å². The van der Waals surface area contributed by atoms with Gasteiger partial charge in [-0.25, -0.2) is 13.0 Å². The van der Waals surface area contributed by atoms with Crippen molar-refractivity contribution in [1.29, 1.82) is 0 Å². The maximum absolute atomic E-state index is 13.4. The Kier molecular flexibility index (Phi) is 4.14. The van der Waals surface area contributed by atoms with Crippen LogP contribution in [0.5, 0.6) is 0 Å². The Hall–Kier alpha value is -1.10. The fraction of sp³-hybridized carbons (Fsp3) is 0.417. The largest absolute Gasteiger partial charge is 0.234 e. The lowest BCUT2D eigenvalue weighted by atomic mass is 10.1. The minimum Gasteiger partial charge on any atom is -0.234 e. The Labute approximate surface area is 102 Å². The minimum absolute atomic E-state index is 0.170. The van der Waals surface area contributed by atoms with Gasteiger partial charge in [0.05, 0.1) is 10.5 Å². The fourth-order valence-corrected chi connectivity index (χ4v) is 1.71. The molecule has 0 saturated carbocycles. The molecular weight excluding hydrogens is 244 g/mol. The van der Waals surface area contributed by atoms with Crippen molar-refractivity contribution < 1.29 is 13.0 Å². The molecule has 0 aromatic heterocycles. The predicted octanol–water partition coefficient (Wildman–Crippen LogP) is 3.24. The lowest BCUT2D eigenvalue weighted by Gasteiger charge is -2.14. The third-order valence-electron chi connectivity index (χ3n) is 2.06. The van der Waals surface area contributed by atoms with Crippen LogP contribution in [0, 0.1) is 11.6 Å². The zero-order valence-electron chi connectivity index (χ0n) is 10.3. The van der Waals surface area contributed by atoms with Gasteiger partial charge in [-0.15, -0.1) is 0 Å². The molecule has 0 aliphatic rings. The highest BCUT2D eigenvalue weighted by molar-refractivity contribution is 7.85. The molecule has 1 aromatic rings. The molecule has 0 fully saturated rings. The van der Waals surface area contributed by atoms with Crippen LogP contribution in [-0.2, 0) is 11.0 Å². The molecule has 0 aliphatic heterocycles. The van der Waals surface area contributed by atoms with E-state index in [-0.39, 0.29) is 5.56 Å². The van der Waals surface area contributed by atoms with Gasteiger partial charge in [-0.05, 0) is 39.8 Å². The van der Waals surface area contributed by atoms with Gasteiger partial charge in [-0.3, -0.25) is 0 Å². The highest BCUT2D eigenvalue weighted by atomic mass is 32.2. The maximum atomic E-state index is 13.4. The predicted molar refractivity (Wildman–Crippen MR) is 66.5 cm³/mol. The van der Waals surface area contributed by atoms with Crippen LogP contribution in [0.2, 0.25) is 0 Å². The monoisotopic (exact) mass is 259 g/mol. The van der Waals surface area contributed by atoms with Gasteiger partial charge in [0.25, 0.3) is 0 Å². The summed E-state index contributed by atoms with van der Waals surface area (Å²) in [5, 5.41) is 0. The molecule has 1 rings (SSSR count). The molecule has 0 bridgehead atoms. The summed E-state index contributed by atoms with van der Waals surface area (Å²) in [6.07, 6.45) is 0. The minimum atomic E-state index is -1.45. The van der Waals surface area contributed by atoms with E-state index >= 15 is 0 Å². The van der Waals surface area contributed by atoms with Crippen LogP contribution in [-0.4, -0.2) is 14.7 Å². The summed E-state index contributed by atoms with van der Waals surface area (Å²) < 4.78 is 41.3. The first-order chi connectivity index (χ1) is 7.71. The van der Waals surface area contributed by atoms with Gasteiger partial charge in [-0.1, -0.05) is 0 Å². The Morgan fingerprint density at radius 2 is 1.88 bits per heavy atom. The standard InChI is InChI=1S/C12H15F2NOS/c1-8(15-17(16)12(2,3)4)10-6-5-9(13)7-11(10)14/h5-7H,1-4H3/t17-/m1/s1. The zero-order valence-corrected chi connectivity index (χ0v) is 11.1. The van der Waals surface area contributed by atoms with Crippen molar-refractivity contribution in [2.45, 2.75) is 32.4 Å². The average molecular weight is 259 g/mol. The van der Waals surface area contributed by atoms with Crippen LogP contribution in [0.4, 0.5) is 8.78 Å². The summed E-state index contributed by atoms with van der Waals surface area (Å²) in [6, 6.07) is 3.23. The molecule has 2 nitrogen and oxygen atoms in total. The third kappa shape index (κ3) is 3.70. The van der Waals surface area contributed by atoms with Crippen molar-refractivity contribution in [3.63, 3.8) is 0 Å². The summed E-state index contributed by atoms with van der Waals surface area (Å²) in [6.45, 7) is 6.89. The molecule has 0 unspecified atom stereocenters. The van der Waals surface area contributed by atoms with E-state index in [0.29, 0.717) is 5.71 Å². The lowest BCUT2D eigenvalue weighted by Crippen LogP contribution is -2.20. The Morgan fingerprint density at radius 1 is 1.29 bits per heavy atom. The van der Waals surface area contributed by atoms with Crippen LogP contribution < -0.4 is 0 Å². The number of hydrogen-bond donors (Lipinski definition) is 0. The normalized spacial score (nSPS) is 14.8. The van der Waals surface area contributed by atoms with Crippen molar-refractivity contribution in [3.05, 3.63) is 35.4 Å².